The van der Waals surface area contributed by atoms with Gasteiger partial charge in [-0.1, -0.05) is 48.5 Å². The van der Waals surface area contributed by atoms with E-state index in [2.05, 4.69) is 41.3 Å². The van der Waals surface area contributed by atoms with E-state index < -0.39 is 12.0 Å². The summed E-state index contributed by atoms with van der Waals surface area (Å²) in [6.45, 7) is 3.34. The summed E-state index contributed by atoms with van der Waals surface area (Å²) in [5.74, 6) is 0.0705. The molecule has 0 spiro atoms. The number of ether oxygens (including phenoxy) is 1. The number of nitrogens with zero attached hydrogens (tertiary/aromatic N) is 1. The third-order valence-electron chi connectivity index (χ3n) is 5.49. The van der Waals surface area contributed by atoms with Gasteiger partial charge >= 0.3 is 5.97 Å². The van der Waals surface area contributed by atoms with Crippen LogP contribution in [0, 0.1) is 0 Å². The molecule has 28 heavy (non-hydrogen) atoms. The van der Waals surface area contributed by atoms with Crippen molar-refractivity contribution in [2.75, 3.05) is 13.2 Å². The molecule has 0 aliphatic carbocycles. The number of fused-ring (bicyclic) bond motifs is 1. The number of carboxylic acids is 1. The van der Waals surface area contributed by atoms with Crippen molar-refractivity contribution in [1.82, 2.24) is 4.90 Å². The van der Waals surface area contributed by atoms with Gasteiger partial charge in [0.2, 0.25) is 0 Å². The second-order valence-electron chi connectivity index (χ2n) is 7.25. The van der Waals surface area contributed by atoms with Crippen LogP contribution in [-0.4, -0.2) is 35.2 Å². The Morgan fingerprint density at radius 3 is 2.64 bits per heavy atom. The van der Waals surface area contributed by atoms with E-state index in [1.165, 1.54) is 5.39 Å². The molecule has 1 N–H and O–H groups in total. The highest BCUT2D eigenvalue weighted by molar-refractivity contribution is 5.83. The van der Waals surface area contributed by atoms with Crippen molar-refractivity contribution >= 4 is 16.7 Å². The molecule has 2 atom stereocenters. The van der Waals surface area contributed by atoms with Gasteiger partial charge in [0.25, 0.3) is 0 Å². The molecule has 4 heteroatoms. The normalized spacial score (nSPS) is 18.2. The molecule has 1 saturated heterocycles. The van der Waals surface area contributed by atoms with Crippen LogP contribution in [-0.2, 0) is 4.79 Å². The predicted octanol–water partition coefficient (Wildman–Crippen LogP) is 4.88. The van der Waals surface area contributed by atoms with E-state index in [0.29, 0.717) is 13.0 Å². The molecule has 1 aliphatic rings. The Labute approximate surface area is 165 Å². The molecule has 1 heterocycles. The molecule has 144 valence electrons. The van der Waals surface area contributed by atoms with Crippen molar-refractivity contribution in [1.29, 1.82) is 0 Å². The topological polar surface area (TPSA) is 49.8 Å². The molecule has 4 nitrogen and oxygen atoms in total. The van der Waals surface area contributed by atoms with Gasteiger partial charge in [0.15, 0.2) is 0 Å². The quantitative estimate of drug-likeness (QED) is 0.667. The molecular formula is C24H25NO3. The van der Waals surface area contributed by atoms with Crippen LogP contribution in [0.1, 0.15) is 36.9 Å². The minimum absolute atomic E-state index is 0.117. The maximum Gasteiger partial charge on any atom is 0.320 e. The van der Waals surface area contributed by atoms with Gasteiger partial charge in [0.05, 0.1) is 12.6 Å². The summed E-state index contributed by atoms with van der Waals surface area (Å²) >= 11 is 0. The number of benzene rings is 3. The standard InChI is InChI=1S/C24H25NO3/c1-2-28-21-10-5-9-19(16-21)23(25-14-6-11-22(25)24(26)27)20-13-12-17-7-3-4-8-18(17)15-20/h3-5,7-10,12-13,15-16,22-23H,2,6,11,14H2,1H3,(H,26,27). The lowest BCUT2D eigenvalue weighted by atomic mass is 9.94. The maximum absolute atomic E-state index is 11.9. The van der Waals surface area contributed by atoms with E-state index in [1.807, 2.05) is 37.3 Å². The molecule has 3 aromatic rings. The number of carboxylic acid groups (broad SMARTS) is 1. The SMILES string of the molecule is CCOc1cccc(C(c2ccc3ccccc3c2)N2CCCC2C(=O)O)c1. The average Bonchev–Trinajstić information content (AvgIpc) is 3.18. The Hall–Kier alpha value is -2.85. The molecule has 1 fully saturated rings. The summed E-state index contributed by atoms with van der Waals surface area (Å²) in [7, 11) is 0. The molecule has 0 amide bonds. The number of hydrogen-bond acceptors (Lipinski definition) is 3. The first-order valence-corrected chi connectivity index (χ1v) is 9.87. The van der Waals surface area contributed by atoms with Crippen molar-refractivity contribution in [3.05, 3.63) is 77.9 Å². The minimum atomic E-state index is -0.746. The van der Waals surface area contributed by atoms with Gasteiger partial charge in [-0.25, -0.2) is 0 Å². The zero-order valence-electron chi connectivity index (χ0n) is 16.0. The summed E-state index contributed by atoms with van der Waals surface area (Å²) in [6.07, 6.45) is 1.58. The Morgan fingerprint density at radius 2 is 1.86 bits per heavy atom. The summed E-state index contributed by atoms with van der Waals surface area (Å²) in [6, 6.07) is 22.2. The van der Waals surface area contributed by atoms with Gasteiger partial charge in [0.1, 0.15) is 11.8 Å². The fourth-order valence-corrected chi connectivity index (χ4v) is 4.26. The molecule has 0 aromatic heterocycles. The van der Waals surface area contributed by atoms with Gasteiger partial charge in [-0.2, -0.15) is 0 Å². The molecule has 0 radical (unpaired) electrons. The van der Waals surface area contributed by atoms with Gasteiger partial charge < -0.3 is 9.84 Å². The predicted molar refractivity (Wildman–Crippen MR) is 111 cm³/mol. The first-order valence-electron chi connectivity index (χ1n) is 9.87. The van der Waals surface area contributed by atoms with E-state index in [9.17, 15) is 9.90 Å². The highest BCUT2D eigenvalue weighted by atomic mass is 16.5. The Morgan fingerprint density at radius 1 is 1.07 bits per heavy atom. The van der Waals surface area contributed by atoms with Crippen molar-refractivity contribution in [2.24, 2.45) is 0 Å². The lowest BCUT2D eigenvalue weighted by Gasteiger charge is -2.32. The molecule has 0 bridgehead atoms. The zero-order chi connectivity index (χ0) is 19.5. The van der Waals surface area contributed by atoms with Gasteiger partial charge in [-0.15, -0.1) is 0 Å². The van der Waals surface area contributed by atoms with Gasteiger partial charge in [-0.05, 0) is 59.9 Å². The maximum atomic E-state index is 11.9. The largest absolute Gasteiger partial charge is 0.494 e. The highest BCUT2D eigenvalue weighted by Crippen LogP contribution is 2.37. The zero-order valence-corrected chi connectivity index (χ0v) is 16.0. The fraction of sp³-hybridized carbons (Fsp3) is 0.292. The van der Waals surface area contributed by atoms with E-state index in [4.69, 9.17) is 4.74 Å². The fourth-order valence-electron chi connectivity index (χ4n) is 4.26. The smallest absolute Gasteiger partial charge is 0.320 e. The van der Waals surface area contributed by atoms with Crippen LogP contribution >= 0.6 is 0 Å². The molecule has 2 unspecified atom stereocenters. The van der Waals surface area contributed by atoms with Crippen LogP contribution in [0.25, 0.3) is 10.8 Å². The van der Waals surface area contributed by atoms with Crippen molar-refractivity contribution in [2.45, 2.75) is 31.8 Å². The van der Waals surface area contributed by atoms with Crippen molar-refractivity contribution in [3.8, 4) is 5.75 Å². The van der Waals surface area contributed by atoms with E-state index in [0.717, 1.165) is 35.2 Å². The summed E-state index contributed by atoms with van der Waals surface area (Å²) in [4.78, 5) is 14.0. The van der Waals surface area contributed by atoms with Gasteiger partial charge in [-0.3, -0.25) is 9.69 Å². The Bertz CT molecular complexity index is 984. The van der Waals surface area contributed by atoms with Crippen LogP contribution in [0.3, 0.4) is 0 Å². The summed E-state index contributed by atoms with van der Waals surface area (Å²) in [5, 5.41) is 12.1. The average molecular weight is 375 g/mol. The van der Waals surface area contributed by atoms with Crippen LogP contribution < -0.4 is 4.74 Å². The first kappa shape index (κ1) is 18.5. The number of hydrogen-bond donors (Lipinski definition) is 1. The summed E-state index contributed by atoms with van der Waals surface area (Å²) in [5.41, 5.74) is 2.18. The third kappa shape index (κ3) is 3.60. The summed E-state index contributed by atoms with van der Waals surface area (Å²) < 4.78 is 5.70. The third-order valence-corrected chi connectivity index (χ3v) is 5.49. The minimum Gasteiger partial charge on any atom is -0.494 e. The molecule has 3 aromatic carbocycles. The lowest BCUT2D eigenvalue weighted by Crippen LogP contribution is -2.39. The van der Waals surface area contributed by atoms with E-state index in [1.54, 1.807) is 0 Å². The van der Waals surface area contributed by atoms with E-state index in [-0.39, 0.29) is 6.04 Å². The number of aliphatic carboxylic acids is 1. The van der Waals surface area contributed by atoms with Crippen molar-refractivity contribution < 1.29 is 14.6 Å². The molecule has 4 rings (SSSR count). The molecule has 1 aliphatic heterocycles. The number of likely N-dealkylation sites (tertiary alicyclic amines) is 1. The van der Waals surface area contributed by atoms with Crippen LogP contribution in [0.4, 0.5) is 0 Å². The first-order chi connectivity index (χ1) is 13.7. The van der Waals surface area contributed by atoms with Crippen LogP contribution in [0.2, 0.25) is 0 Å². The monoisotopic (exact) mass is 375 g/mol. The van der Waals surface area contributed by atoms with Crippen LogP contribution in [0.5, 0.6) is 5.75 Å². The Balaban J connectivity index is 1.82. The number of carbonyl (C=O) groups is 1. The second kappa shape index (κ2) is 8.03. The van der Waals surface area contributed by atoms with Crippen molar-refractivity contribution in [3.63, 3.8) is 0 Å². The second-order valence-corrected chi connectivity index (χ2v) is 7.25. The highest BCUT2D eigenvalue weighted by Gasteiger charge is 2.37. The molecular weight excluding hydrogens is 350 g/mol. The number of rotatable bonds is 6. The van der Waals surface area contributed by atoms with E-state index >= 15 is 0 Å². The lowest BCUT2D eigenvalue weighted by molar-refractivity contribution is -0.142. The van der Waals surface area contributed by atoms with Crippen LogP contribution in [0.15, 0.2) is 66.7 Å². The molecule has 0 saturated carbocycles. The Kier molecular flexibility index (Phi) is 5.31. The van der Waals surface area contributed by atoms with Gasteiger partial charge in [0, 0.05) is 6.54 Å².